The number of amides is 2. The Labute approximate surface area is 127 Å². The summed E-state index contributed by atoms with van der Waals surface area (Å²) in [5, 5.41) is 6.12. The fourth-order valence-corrected chi connectivity index (χ4v) is 5.03. The lowest BCUT2D eigenvalue weighted by Gasteiger charge is -2.32. The van der Waals surface area contributed by atoms with E-state index in [1.54, 1.807) is 0 Å². The SMILES string of the molecule is C[C@@H]1CCCC[C@H]1CNC(=O)[C@@H]1C2CCC(C2)[C@@H]1NC=O. The average molecular weight is 292 g/mol. The molecule has 0 spiro atoms. The van der Waals surface area contributed by atoms with Crippen LogP contribution in [0.3, 0.4) is 0 Å². The van der Waals surface area contributed by atoms with E-state index in [2.05, 4.69) is 17.6 Å². The topological polar surface area (TPSA) is 58.2 Å². The van der Waals surface area contributed by atoms with Crippen molar-refractivity contribution < 1.29 is 9.59 Å². The lowest BCUT2D eigenvalue weighted by Crippen LogP contribution is -2.48. The van der Waals surface area contributed by atoms with E-state index in [0.717, 1.165) is 31.7 Å². The second kappa shape index (κ2) is 6.37. The number of fused-ring (bicyclic) bond motifs is 2. The Balaban J connectivity index is 1.55. The van der Waals surface area contributed by atoms with Crippen molar-refractivity contribution >= 4 is 12.3 Å². The summed E-state index contributed by atoms with van der Waals surface area (Å²) >= 11 is 0. The first-order chi connectivity index (χ1) is 10.2. The van der Waals surface area contributed by atoms with Gasteiger partial charge in [0.05, 0.1) is 5.92 Å². The van der Waals surface area contributed by atoms with E-state index in [1.165, 1.54) is 32.1 Å². The van der Waals surface area contributed by atoms with Crippen molar-refractivity contribution in [2.24, 2.45) is 29.6 Å². The molecule has 0 heterocycles. The summed E-state index contributed by atoms with van der Waals surface area (Å²) in [7, 11) is 0. The molecule has 0 aromatic carbocycles. The number of carbonyl (C=O) groups excluding carboxylic acids is 2. The van der Waals surface area contributed by atoms with E-state index in [-0.39, 0.29) is 17.9 Å². The fourth-order valence-electron chi connectivity index (χ4n) is 5.03. The van der Waals surface area contributed by atoms with Gasteiger partial charge in [0.25, 0.3) is 0 Å². The van der Waals surface area contributed by atoms with Gasteiger partial charge in [0, 0.05) is 12.6 Å². The van der Waals surface area contributed by atoms with Crippen LogP contribution >= 0.6 is 0 Å². The molecular weight excluding hydrogens is 264 g/mol. The maximum atomic E-state index is 12.6. The minimum absolute atomic E-state index is 0.00727. The first kappa shape index (κ1) is 14.9. The van der Waals surface area contributed by atoms with Crippen molar-refractivity contribution in [2.75, 3.05) is 6.54 Å². The maximum absolute atomic E-state index is 12.6. The maximum Gasteiger partial charge on any atom is 0.225 e. The van der Waals surface area contributed by atoms with Crippen LogP contribution in [-0.4, -0.2) is 24.9 Å². The van der Waals surface area contributed by atoms with Gasteiger partial charge in [-0.3, -0.25) is 9.59 Å². The monoisotopic (exact) mass is 292 g/mol. The van der Waals surface area contributed by atoms with Crippen LogP contribution < -0.4 is 10.6 Å². The van der Waals surface area contributed by atoms with Crippen LogP contribution in [0.1, 0.15) is 51.9 Å². The van der Waals surface area contributed by atoms with E-state index < -0.39 is 0 Å². The van der Waals surface area contributed by atoms with Gasteiger partial charge >= 0.3 is 0 Å². The Morgan fingerprint density at radius 1 is 1.14 bits per heavy atom. The smallest absolute Gasteiger partial charge is 0.225 e. The number of rotatable bonds is 5. The zero-order valence-corrected chi connectivity index (χ0v) is 13.0. The van der Waals surface area contributed by atoms with Gasteiger partial charge in [-0.1, -0.05) is 26.2 Å². The molecule has 0 aliphatic heterocycles. The fraction of sp³-hybridized carbons (Fsp3) is 0.882. The van der Waals surface area contributed by atoms with Gasteiger partial charge in [-0.05, 0) is 49.4 Å². The molecule has 0 aromatic heterocycles. The zero-order chi connectivity index (χ0) is 14.8. The molecule has 3 saturated carbocycles. The van der Waals surface area contributed by atoms with Crippen LogP contribution in [0, 0.1) is 29.6 Å². The summed E-state index contributed by atoms with van der Waals surface area (Å²) in [5.74, 6) is 2.55. The van der Waals surface area contributed by atoms with E-state index in [4.69, 9.17) is 0 Å². The molecule has 2 unspecified atom stereocenters. The summed E-state index contributed by atoms with van der Waals surface area (Å²) in [6.07, 6.45) is 9.38. The molecule has 0 saturated heterocycles. The van der Waals surface area contributed by atoms with Crippen LogP contribution in [0.5, 0.6) is 0 Å². The van der Waals surface area contributed by atoms with Crippen molar-refractivity contribution in [1.82, 2.24) is 10.6 Å². The number of carbonyl (C=O) groups is 2. The summed E-state index contributed by atoms with van der Waals surface area (Å²) in [6.45, 7) is 3.13. The molecule has 2 bridgehead atoms. The number of nitrogens with one attached hydrogen (secondary N) is 2. The minimum Gasteiger partial charge on any atom is -0.355 e. The van der Waals surface area contributed by atoms with Crippen LogP contribution in [0.4, 0.5) is 0 Å². The Morgan fingerprint density at radius 2 is 1.90 bits per heavy atom. The highest BCUT2D eigenvalue weighted by Crippen LogP contribution is 2.48. The third-order valence-corrected chi connectivity index (χ3v) is 6.31. The van der Waals surface area contributed by atoms with Crippen LogP contribution in [0.25, 0.3) is 0 Å². The zero-order valence-electron chi connectivity index (χ0n) is 13.0. The molecular formula is C17H28N2O2. The highest BCUT2D eigenvalue weighted by atomic mass is 16.2. The normalized spacial score (nSPS) is 41.8. The minimum atomic E-state index is 0.00727. The Morgan fingerprint density at radius 3 is 2.67 bits per heavy atom. The second-order valence-electron chi connectivity index (χ2n) is 7.44. The average Bonchev–Trinajstić information content (AvgIpc) is 3.08. The largest absolute Gasteiger partial charge is 0.355 e. The molecule has 3 fully saturated rings. The predicted octanol–water partition coefficient (Wildman–Crippen LogP) is 2.09. The summed E-state index contributed by atoms with van der Waals surface area (Å²) < 4.78 is 0. The van der Waals surface area contributed by atoms with Gasteiger partial charge in [-0.2, -0.15) is 0 Å². The molecule has 0 radical (unpaired) electrons. The van der Waals surface area contributed by atoms with Crippen molar-refractivity contribution in [3.8, 4) is 0 Å². The van der Waals surface area contributed by atoms with Gasteiger partial charge in [0.1, 0.15) is 0 Å². The van der Waals surface area contributed by atoms with Gasteiger partial charge < -0.3 is 10.6 Å². The predicted molar refractivity (Wildman–Crippen MR) is 81.4 cm³/mol. The van der Waals surface area contributed by atoms with Crippen molar-refractivity contribution in [3.63, 3.8) is 0 Å². The Bertz CT molecular complexity index is 398. The first-order valence-corrected chi connectivity index (χ1v) is 8.68. The molecule has 3 aliphatic rings. The third kappa shape index (κ3) is 2.95. The van der Waals surface area contributed by atoms with Gasteiger partial charge in [0.2, 0.25) is 12.3 Å². The summed E-state index contributed by atoms with van der Waals surface area (Å²) in [4.78, 5) is 23.4. The molecule has 2 amide bonds. The lowest BCUT2D eigenvalue weighted by molar-refractivity contribution is -0.128. The molecule has 3 aliphatic carbocycles. The second-order valence-corrected chi connectivity index (χ2v) is 7.44. The molecule has 21 heavy (non-hydrogen) atoms. The molecule has 4 nitrogen and oxygen atoms in total. The van der Waals surface area contributed by atoms with Crippen molar-refractivity contribution in [1.29, 1.82) is 0 Å². The molecule has 4 heteroatoms. The van der Waals surface area contributed by atoms with Crippen LogP contribution in [-0.2, 0) is 9.59 Å². The Hall–Kier alpha value is -1.06. The van der Waals surface area contributed by atoms with Crippen molar-refractivity contribution in [2.45, 2.75) is 57.9 Å². The molecule has 3 rings (SSSR count). The van der Waals surface area contributed by atoms with Crippen LogP contribution in [0.15, 0.2) is 0 Å². The summed E-state index contributed by atoms with van der Waals surface area (Å²) in [5.41, 5.74) is 0. The van der Waals surface area contributed by atoms with E-state index in [1.807, 2.05) is 0 Å². The standard InChI is InChI=1S/C17H28N2O2/c1-11-4-2-3-5-14(11)9-18-17(21)15-12-6-7-13(8-12)16(15)19-10-20/h10-16H,2-9H2,1H3,(H,18,21)(H,19,20)/t11-,12?,13?,14+,15-,16+/m1/s1. The molecule has 6 atom stereocenters. The molecule has 118 valence electrons. The van der Waals surface area contributed by atoms with Crippen molar-refractivity contribution in [3.05, 3.63) is 0 Å². The number of hydrogen-bond donors (Lipinski definition) is 2. The summed E-state index contributed by atoms with van der Waals surface area (Å²) in [6, 6.07) is 0.0741. The Kier molecular flexibility index (Phi) is 4.51. The van der Waals surface area contributed by atoms with Gasteiger partial charge in [-0.25, -0.2) is 0 Å². The van der Waals surface area contributed by atoms with E-state index >= 15 is 0 Å². The third-order valence-electron chi connectivity index (χ3n) is 6.31. The molecule has 2 N–H and O–H groups in total. The lowest BCUT2D eigenvalue weighted by atomic mass is 9.80. The highest BCUT2D eigenvalue weighted by molar-refractivity contribution is 5.80. The highest BCUT2D eigenvalue weighted by Gasteiger charge is 2.50. The van der Waals surface area contributed by atoms with Crippen LogP contribution in [0.2, 0.25) is 0 Å². The van der Waals surface area contributed by atoms with E-state index in [9.17, 15) is 9.59 Å². The quantitative estimate of drug-likeness (QED) is 0.762. The van der Waals surface area contributed by atoms with Gasteiger partial charge in [-0.15, -0.1) is 0 Å². The van der Waals surface area contributed by atoms with Gasteiger partial charge in [0.15, 0.2) is 0 Å². The van der Waals surface area contributed by atoms with E-state index in [0.29, 0.717) is 17.8 Å². The molecule has 0 aromatic rings. The number of hydrogen-bond acceptors (Lipinski definition) is 2. The first-order valence-electron chi connectivity index (χ1n) is 8.68.